The van der Waals surface area contributed by atoms with Gasteiger partial charge in [0.2, 0.25) is 0 Å². The van der Waals surface area contributed by atoms with Crippen LogP contribution in [0.2, 0.25) is 0 Å². The van der Waals surface area contributed by atoms with Crippen molar-refractivity contribution in [3.63, 3.8) is 0 Å². The number of halogens is 2. The lowest BCUT2D eigenvalue weighted by molar-refractivity contribution is -0.136. The zero-order chi connectivity index (χ0) is 17.1. The van der Waals surface area contributed by atoms with Crippen LogP contribution in [0.4, 0.5) is 0 Å². The molecule has 0 bridgehead atoms. The minimum atomic E-state index is -0.461. The first kappa shape index (κ1) is 16.9. The van der Waals surface area contributed by atoms with Gasteiger partial charge in [-0.1, -0.05) is 51.4 Å². The molecule has 0 amide bonds. The van der Waals surface area contributed by atoms with Gasteiger partial charge >= 0.3 is 5.97 Å². The van der Waals surface area contributed by atoms with E-state index in [4.69, 9.17) is 9.57 Å². The zero-order valence-electron chi connectivity index (χ0n) is 12.8. The number of nitrogens with zero attached hydrogens (tertiary/aromatic N) is 1. The second-order valence-corrected chi connectivity index (χ2v) is 6.96. The van der Waals surface area contributed by atoms with Crippen LogP contribution in [-0.4, -0.2) is 11.7 Å². The average molecular weight is 451 g/mol. The minimum absolute atomic E-state index is 0.421. The highest BCUT2D eigenvalue weighted by Gasteiger charge is 2.23. The summed E-state index contributed by atoms with van der Waals surface area (Å²) in [6.07, 6.45) is 1.73. The zero-order valence-corrected chi connectivity index (χ0v) is 15.9. The van der Waals surface area contributed by atoms with Crippen LogP contribution in [0, 0.1) is 0 Å². The van der Waals surface area contributed by atoms with Gasteiger partial charge in [-0.2, -0.15) is 0 Å². The molecule has 2 aromatic carbocycles. The molecule has 0 radical (unpaired) electrons. The highest BCUT2D eigenvalue weighted by molar-refractivity contribution is 9.11. The van der Waals surface area contributed by atoms with Gasteiger partial charge in [-0.25, -0.2) is 4.79 Å². The second-order valence-electron chi connectivity index (χ2n) is 5.19. The van der Waals surface area contributed by atoms with Gasteiger partial charge in [-0.3, -0.25) is 0 Å². The van der Waals surface area contributed by atoms with E-state index in [1.807, 2.05) is 42.5 Å². The monoisotopic (exact) mass is 449 g/mol. The van der Waals surface area contributed by atoms with Crippen molar-refractivity contribution in [1.82, 2.24) is 0 Å². The van der Waals surface area contributed by atoms with E-state index < -0.39 is 5.97 Å². The van der Waals surface area contributed by atoms with Crippen molar-refractivity contribution < 1.29 is 14.4 Å². The Hall–Kier alpha value is -1.92. The van der Waals surface area contributed by atoms with Crippen LogP contribution in [0.15, 0.2) is 62.1 Å². The summed E-state index contributed by atoms with van der Waals surface area (Å²) in [5.74, 6) is 0.194. The lowest BCUT2D eigenvalue weighted by atomic mass is 10.1. The highest BCUT2D eigenvalue weighted by Crippen LogP contribution is 2.35. The van der Waals surface area contributed by atoms with E-state index in [0.29, 0.717) is 23.6 Å². The summed E-state index contributed by atoms with van der Waals surface area (Å²) in [5.41, 5.74) is 2.79. The van der Waals surface area contributed by atoms with Crippen LogP contribution in [0.5, 0.6) is 5.75 Å². The number of oxime groups is 1. The van der Waals surface area contributed by atoms with E-state index in [1.165, 1.54) is 0 Å². The summed E-state index contributed by atoms with van der Waals surface area (Å²) in [5, 5.41) is 3.70. The topological polar surface area (TPSA) is 47.9 Å². The Labute approximate surface area is 156 Å². The molecule has 4 nitrogen and oxygen atoms in total. The molecular formula is C18H13Br2NO3. The maximum atomic E-state index is 11.8. The molecule has 0 unspecified atom stereocenters. The number of carbonyl (C=O) groups is 1. The molecule has 3 rings (SSSR count). The largest absolute Gasteiger partial charge is 0.487 e. The number of hydrogen-bond donors (Lipinski definition) is 0. The van der Waals surface area contributed by atoms with Gasteiger partial charge in [0, 0.05) is 10.0 Å². The van der Waals surface area contributed by atoms with E-state index >= 15 is 0 Å². The van der Waals surface area contributed by atoms with Gasteiger partial charge in [-0.15, -0.1) is 0 Å². The summed E-state index contributed by atoms with van der Waals surface area (Å²) >= 11 is 6.98. The van der Waals surface area contributed by atoms with Gasteiger partial charge in [0.1, 0.15) is 12.4 Å². The molecule has 1 heterocycles. The maximum absolute atomic E-state index is 11.8. The number of rotatable bonds is 4. The third-order valence-electron chi connectivity index (χ3n) is 3.44. The summed E-state index contributed by atoms with van der Waals surface area (Å²) < 4.78 is 7.65. The first-order chi connectivity index (χ1) is 11.5. The van der Waals surface area contributed by atoms with Crippen LogP contribution in [-0.2, 0) is 16.2 Å². The molecule has 0 saturated heterocycles. The Balaban J connectivity index is 1.95. The third kappa shape index (κ3) is 3.76. The average Bonchev–Trinajstić information content (AvgIpc) is 2.87. The molecule has 0 N–H and O–H groups in total. The molecule has 0 fully saturated rings. The third-order valence-corrected chi connectivity index (χ3v) is 4.49. The standard InChI is InChI=1S/C18H13Br2NO3/c1-11-15(18(22)24-21-11)8-13-7-14(19)9-16(20)17(13)23-10-12-5-3-2-4-6-12/h2-9H,10H2,1H3/b15-8+. The van der Waals surface area contributed by atoms with Crippen LogP contribution >= 0.6 is 31.9 Å². The molecule has 0 saturated carbocycles. The van der Waals surface area contributed by atoms with E-state index in [-0.39, 0.29) is 0 Å². The molecule has 1 aliphatic rings. The lowest BCUT2D eigenvalue weighted by Crippen LogP contribution is -2.03. The van der Waals surface area contributed by atoms with Gasteiger partial charge in [0.15, 0.2) is 0 Å². The van der Waals surface area contributed by atoms with Crippen LogP contribution in [0.25, 0.3) is 6.08 Å². The van der Waals surface area contributed by atoms with Crippen molar-refractivity contribution in [2.24, 2.45) is 5.16 Å². The molecule has 1 aliphatic heterocycles. The van der Waals surface area contributed by atoms with Gasteiger partial charge in [0.05, 0.1) is 15.8 Å². The fourth-order valence-corrected chi connectivity index (χ4v) is 3.62. The van der Waals surface area contributed by atoms with E-state index in [9.17, 15) is 4.79 Å². The van der Waals surface area contributed by atoms with Crippen molar-refractivity contribution >= 4 is 49.6 Å². The van der Waals surface area contributed by atoms with Crippen molar-refractivity contribution in [3.8, 4) is 5.75 Å². The molecule has 0 atom stereocenters. The van der Waals surface area contributed by atoms with Crippen molar-refractivity contribution in [2.45, 2.75) is 13.5 Å². The predicted octanol–water partition coefficient (Wildman–Crippen LogP) is 5.11. The Kier molecular flexibility index (Phi) is 5.16. The Morgan fingerprint density at radius 1 is 1.21 bits per heavy atom. The Morgan fingerprint density at radius 2 is 1.96 bits per heavy atom. The van der Waals surface area contributed by atoms with Crippen molar-refractivity contribution in [2.75, 3.05) is 0 Å². The smallest absolute Gasteiger partial charge is 0.367 e. The number of ether oxygens (including phenoxy) is 1. The van der Waals surface area contributed by atoms with E-state index in [1.54, 1.807) is 13.0 Å². The number of hydrogen-bond acceptors (Lipinski definition) is 4. The number of carbonyl (C=O) groups excluding carboxylic acids is 1. The molecule has 0 spiro atoms. The molecule has 24 heavy (non-hydrogen) atoms. The fraction of sp³-hybridized carbons (Fsp3) is 0.111. The highest BCUT2D eigenvalue weighted by atomic mass is 79.9. The SMILES string of the molecule is CC1=NOC(=O)/C1=C/c1cc(Br)cc(Br)c1OCc1ccccc1. The van der Waals surface area contributed by atoms with E-state index in [0.717, 1.165) is 20.1 Å². The Bertz CT molecular complexity index is 845. The van der Waals surface area contributed by atoms with E-state index in [2.05, 4.69) is 37.0 Å². The summed E-state index contributed by atoms with van der Waals surface area (Å²) in [4.78, 5) is 16.5. The lowest BCUT2D eigenvalue weighted by Gasteiger charge is -2.13. The molecule has 122 valence electrons. The van der Waals surface area contributed by atoms with Crippen molar-refractivity contribution in [1.29, 1.82) is 0 Å². The minimum Gasteiger partial charge on any atom is -0.487 e. The fourth-order valence-electron chi connectivity index (χ4n) is 2.24. The summed E-state index contributed by atoms with van der Waals surface area (Å²) in [7, 11) is 0. The number of benzene rings is 2. The first-order valence-corrected chi connectivity index (χ1v) is 8.77. The molecule has 6 heteroatoms. The molecule has 2 aromatic rings. The van der Waals surface area contributed by atoms with Crippen LogP contribution in [0.3, 0.4) is 0 Å². The first-order valence-electron chi connectivity index (χ1n) is 7.18. The summed E-state index contributed by atoms with van der Waals surface area (Å²) in [6.45, 7) is 2.16. The molecule has 0 aromatic heterocycles. The van der Waals surface area contributed by atoms with Crippen LogP contribution in [0.1, 0.15) is 18.1 Å². The normalized spacial score (nSPS) is 15.4. The van der Waals surface area contributed by atoms with Gasteiger partial charge in [0.25, 0.3) is 0 Å². The van der Waals surface area contributed by atoms with Crippen molar-refractivity contribution in [3.05, 3.63) is 68.1 Å². The van der Waals surface area contributed by atoms with Gasteiger partial charge < -0.3 is 9.57 Å². The Morgan fingerprint density at radius 3 is 2.62 bits per heavy atom. The quantitative estimate of drug-likeness (QED) is 0.480. The molecular weight excluding hydrogens is 438 g/mol. The predicted molar refractivity (Wildman–Crippen MR) is 99.8 cm³/mol. The molecule has 0 aliphatic carbocycles. The van der Waals surface area contributed by atoms with Gasteiger partial charge in [-0.05, 0) is 46.6 Å². The maximum Gasteiger partial charge on any atom is 0.367 e. The second kappa shape index (κ2) is 7.32. The summed E-state index contributed by atoms with van der Waals surface area (Å²) in [6, 6.07) is 13.7. The van der Waals surface area contributed by atoms with Crippen LogP contribution < -0.4 is 4.74 Å².